The van der Waals surface area contributed by atoms with Gasteiger partial charge in [-0.3, -0.25) is 14.5 Å². The number of carbonyl (C=O) groups is 3. The third kappa shape index (κ3) is 2.47. The largest absolute Gasteiger partial charge is 0.458 e. The Morgan fingerprint density at radius 2 is 1.77 bits per heavy atom. The summed E-state index contributed by atoms with van der Waals surface area (Å²) in [6.07, 6.45) is 0. The predicted molar refractivity (Wildman–Crippen MR) is 94.6 cm³/mol. The fourth-order valence-electron chi connectivity index (χ4n) is 3.09. The monoisotopic (exact) mass is 348 g/mol. The number of furan rings is 1. The summed E-state index contributed by atoms with van der Waals surface area (Å²) < 4.78 is 5.76. The molecule has 0 saturated carbocycles. The predicted octanol–water partition coefficient (Wildman–Crippen LogP) is 3.08. The van der Waals surface area contributed by atoms with E-state index >= 15 is 0 Å². The quantitative estimate of drug-likeness (QED) is 0.580. The number of imide groups is 1. The summed E-state index contributed by atoms with van der Waals surface area (Å²) in [6.45, 7) is 1.27. The van der Waals surface area contributed by atoms with Gasteiger partial charge in [-0.1, -0.05) is 48.5 Å². The van der Waals surface area contributed by atoms with Crippen molar-refractivity contribution in [2.75, 3.05) is 6.54 Å². The van der Waals surface area contributed by atoms with Crippen LogP contribution in [0.25, 0.3) is 11.0 Å². The third-order valence-corrected chi connectivity index (χ3v) is 4.59. The summed E-state index contributed by atoms with van der Waals surface area (Å²) in [7, 11) is 0. The van der Waals surface area contributed by atoms with Crippen LogP contribution in [-0.4, -0.2) is 29.2 Å². The van der Waals surface area contributed by atoms with Gasteiger partial charge in [0.15, 0.2) is 11.3 Å². The molecular weight excluding hydrogens is 332 g/mol. The van der Waals surface area contributed by atoms with Crippen LogP contribution in [0.5, 0.6) is 0 Å². The number of fused-ring (bicyclic) bond motifs is 1. The van der Waals surface area contributed by atoms with Gasteiger partial charge in [-0.25, -0.2) is 4.79 Å². The van der Waals surface area contributed by atoms with Gasteiger partial charge in [0.05, 0.1) is 6.54 Å². The van der Waals surface area contributed by atoms with Crippen LogP contribution < -0.4 is 5.32 Å². The van der Waals surface area contributed by atoms with E-state index in [2.05, 4.69) is 5.32 Å². The maximum Gasteiger partial charge on any atom is 0.325 e. The Balaban J connectivity index is 1.63. The van der Waals surface area contributed by atoms with Crippen LogP contribution in [-0.2, 0) is 10.3 Å². The summed E-state index contributed by atoms with van der Waals surface area (Å²) in [4.78, 5) is 38.6. The molecule has 2 heterocycles. The third-order valence-electron chi connectivity index (χ3n) is 4.59. The van der Waals surface area contributed by atoms with Crippen molar-refractivity contribution >= 4 is 28.7 Å². The Labute approximate surface area is 149 Å². The maximum absolute atomic E-state index is 12.9. The van der Waals surface area contributed by atoms with E-state index in [0.29, 0.717) is 16.9 Å². The normalized spacial score (nSPS) is 19.8. The highest BCUT2D eigenvalue weighted by Gasteiger charge is 2.51. The first-order chi connectivity index (χ1) is 12.5. The second-order valence-electron chi connectivity index (χ2n) is 6.38. The zero-order valence-corrected chi connectivity index (χ0v) is 14.1. The number of nitrogens with one attached hydrogen (secondary N) is 1. The molecule has 0 radical (unpaired) electrons. The molecule has 6 nitrogen and oxygen atoms in total. The van der Waals surface area contributed by atoms with Crippen LogP contribution in [0.15, 0.2) is 65.1 Å². The molecule has 1 fully saturated rings. The highest BCUT2D eigenvalue weighted by atomic mass is 16.3. The minimum atomic E-state index is -1.34. The standard InChI is InChI=1S/C20H16N2O4/c1-20(17-11-14-9-5-6-10-16(14)26-17)18(24)22(19(25)21-20)12-15(23)13-7-3-2-4-8-13/h2-11H,12H2,1H3,(H,21,25)/t20-/m1/s1. The lowest BCUT2D eigenvalue weighted by Crippen LogP contribution is -2.41. The number of hydrogen-bond donors (Lipinski definition) is 1. The second-order valence-corrected chi connectivity index (χ2v) is 6.38. The number of carbonyl (C=O) groups excluding carboxylic acids is 3. The lowest BCUT2D eigenvalue weighted by atomic mass is 9.98. The zero-order valence-electron chi connectivity index (χ0n) is 14.1. The minimum absolute atomic E-state index is 0.303. The van der Waals surface area contributed by atoms with Crippen molar-refractivity contribution in [3.05, 3.63) is 72.0 Å². The van der Waals surface area contributed by atoms with Gasteiger partial charge in [-0.15, -0.1) is 0 Å². The van der Waals surface area contributed by atoms with E-state index in [4.69, 9.17) is 4.42 Å². The lowest BCUT2D eigenvalue weighted by molar-refractivity contribution is -0.131. The van der Waals surface area contributed by atoms with Gasteiger partial charge in [0.2, 0.25) is 0 Å². The van der Waals surface area contributed by atoms with E-state index in [9.17, 15) is 14.4 Å². The summed E-state index contributed by atoms with van der Waals surface area (Å²) in [5, 5.41) is 3.49. The van der Waals surface area contributed by atoms with Gasteiger partial charge in [0.25, 0.3) is 5.91 Å². The molecule has 6 heteroatoms. The number of Topliss-reactive ketones (excluding diaryl/α,β-unsaturated/α-hetero) is 1. The van der Waals surface area contributed by atoms with E-state index in [1.165, 1.54) is 0 Å². The molecule has 4 rings (SSSR count). The molecule has 0 spiro atoms. The van der Waals surface area contributed by atoms with E-state index in [-0.39, 0.29) is 12.3 Å². The van der Waals surface area contributed by atoms with Crippen molar-refractivity contribution in [3.8, 4) is 0 Å². The topological polar surface area (TPSA) is 79.6 Å². The summed E-state index contributed by atoms with van der Waals surface area (Å²) >= 11 is 0. The van der Waals surface area contributed by atoms with Gasteiger partial charge >= 0.3 is 6.03 Å². The van der Waals surface area contributed by atoms with Crippen molar-refractivity contribution in [3.63, 3.8) is 0 Å². The molecule has 130 valence electrons. The van der Waals surface area contributed by atoms with Crippen LogP contribution in [0.4, 0.5) is 4.79 Å². The van der Waals surface area contributed by atoms with Crippen LogP contribution in [0.2, 0.25) is 0 Å². The van der Waals surface area contributed by atoms with Gasteiger partial charge in [0.1, 0.15) is 11.3 Å². The second kappa shape index (κ2) is 5.84. The van der Waals surface area contributed by atoms with Crippen LogP contribution >= 0.6 is 0 Å². The minimum Gasteiger partial charge on any atom is -0.458 e. The molecule has 3 amide bonds. The highest BCUT2D eigenvalue weighted by molar-refractivity contribution is 6.11. The fraction of sp³-hybridized carbons (Fsp3) is 0.150. The number of urea groups is 1. The highest BCUT2D eigenvalue weighted by Crippen LogP contribution is 2.33. The first-order valence-corrected chi connectivity index (χ1v) is 8.20. The molecule has 0 unspecified atom stereocenters. The van der Waals surface area contributed by atoms with Crippen LogP contribution in [0.1, 0.15) is 23.0 Å². The van der Waals surface area contributed by atoms with Gasteiger partial charge < -0.3 is 9.73 Å². The number of hydrogen-bond acceptors (Lipinski definition) is 4. The molecule has 1 atom stereocenters. The SMILES string of the molecule is C[C@]1(c2cc3ccccc3o2)NC(=O)N(CC(=O)c2ccccc2)C1=O. The average molecular weight is 348 g/mol. The molecule has 26 heavy (non-hydrogen) atoms. The van der Waals surface area contributed by atoms with E-state index < -0.39 is 17.5 Å². The molecule has 1 aromatic heterocycles. The van der Waals surface area contributed by atoms with Crippen molar-refractivity contribution in [2.45, 2.75) is 12.5 Å². The Morgan fingerprint density at radius 3 is 2.50 bits per heavy atom. The number of rotatable bonds is 4. The molecular formula is C20H16N2O4. The van der Waals surface area contributed by atoms with Crippen molar-refractivity contribution in [2.24, 2.45) is 0 Å². The Bertz CT molecular complexity index is 991. The Hall–Kier alpha value is -3.41. The van der Waals surface area contributed by atoms with E-state index in [1.807, 2.05) is 18.2 Å². The molecule has 1 aliphatic heterocycles. The number of benzene rings is 2. The smallest absolute Gasteiger partial charge is 0.325 e. The summed E-state index contributed by atoms with van der Waals surface area (Å²) in [5.41, 5.74) is -0.261. The number of ketones is 1. The summed E-state index contributed by atoms with van der Waals surface area (Å²) in [6, 6.07) is 17.0. The van der Waals surface area contributed by atoms with E-state index in [1.54, 1.807) is 49.4 Å². The van der Waals surface area contributed by atoms with Gasteiger partial charge in [-0.05, 0) is 19.1 Å². The van der Waals surface area contributed by atoms with Crippen molar-refractivity contribution in [1.82, 2.24) is 10.2 Å². The van der Waals surface area contributed by atoms with Gasteiger partial charge in [-0.2, -0.15) is 0 Å². The Kier molecular flexibility index (Phi) is 3.61. The van der Waals surface area contributed by atoms with Crippen molar-refractivity contribution in [1.29, 1.82) is 0 Å². The lowest BCUT2D eigenvalue weighted by Gasteiger charge is -2.18. The van der Waals surface area contributed by atoms with Gasteiger partial charge in [0, 0.05) is 10.9 Å². The van der Waals surface area contributed by atoms with E-state index in [0.717, 1.165) is 10.3 Å². The first kappa shape index (κ1) is 16.1. The molecule has 0 aliphatic carbocycles. The molecule has 3 aromatic rings. The molecule has 0 bridgehead atoms. The first-order valence-electron chi connectivity index (χ1n) is 8.20. The fourth-order valence-corrected chi connectivity index (χ4v) is 3.09. The average Bonchev–Trinajstić information content (AvgIpc) is 3.18. The molecule has 1 saturated heterocycles. The number of nitrogens with zero attached hydrogens (tertiary/aromatic N) is 1. The molecule has 2 aromatic carbocycles. The van der Waals surface area contributed by atoms with Crippen LogP contribution in [0, 0.1) is 0 Å². The molecule has 1 aliphatic rings. The zero-order chi connectivity index (χ0) is 18.3. The maximum atomic E-state index is 12.9. The van der Waals surface area contributed by atoms with Crippen molar-refractivity contribution < 1.29 is 18.8 Å². The molecule has 1 N–H and O–H groups in total. The van der Waals surface area contributed by atoms with Crippen LogP contribution in [0.3, 0.4) is 0 Å². The Morgan fingerprint density at radius 1 is 1.08 bits per heavy atom. The number of amides is 3. The number of para-hydroxylation sites is 1. The summed E-state index contributed by atoms with van der Waals surface area (Å²) in [5.74, 6) is -0.472.